The van der Waals surface area contributed by atoms with Crippen LogP contribution in [-0.4, -0.2) is 4.37 Å². The Labute approximate surface area is 81.2 Å². The standard InChI is InChI=1S/C10H10N2S/c1-7-3-2-4-8(5-7)10-9(11)6-13-12-10/h2-6H,11H2,1H3. The lowest BCUT2D eigenvalue weighted by Gasteiger charge is -1.99. The first-order chi connectivity index (χ1) is 6.27. The van der Waals surface area contributed by atoms with E-state index in [2.05, 4.69) is 23.4 Å². The van der Waals surface area contributed by atoms with E-state index >= 15 is 0 Å². The second-order valence-electron chi connectivity index (χ2n) is 2.99. The molecule has 2 nitrogen and oxygen atoms in total. The normalized spacial score (nSPS) is 10.2. The fourth-order valence-corrected chi connectivity index (χ4v) is 1.85. The molecule has 1 aromatic carbocycles. The molecule has 0 amide bonds. The molecule has 0 aliphatic carbocycles. The van der Waals surface area contributed by atoms with Crippen LogP contribution in [0.5, 0.6) is 0 Å². The van der Waals surface area contributed by atoms with Gasteiger partial charge in [0.05, 0.1) is 5.69 Å². The lowest BCUT2D eigenvalue weighted by molar-refractivity contribution is 1.44. The summed E-state index contributed by atoms with van der Waals surface area (Å²) in [6, 6.07) is 8.19. The van der Waals surface area contributed by atoms with Crippen LogP contribution < -0.4 is 5.73 Å². The van der Waals surface area contributed by atoms with E-state index in [9.17, 15) is 0 Å². The van der Waals surface area contributed by atoms with Crippen molar-refractivity contribution in [2.75, 3.05) is 5.73 Å². The van der Waals surface area contributed by atoms with Gasteiger partial charge in [-0.05, 0) is 24.5 Å². The number of rotatable bonds is 1. The van der Waals surface area contributed by atoms with Crippen LogP contribution >= 0.6 is 11.5 Å². The summed E-state index contributed by atoms with van der Waals surface area (Å²) in [6.45, 7) is 2.06. The molecule has 0 aliphatic rings. The smallest absolute Gasteiger partial charge is 0.107 e. The van der Waals surface area contributed by atoms with Crippen LogP contribution in [0.15, 0.2) is 29.6 Å². The summed E-state index contributed by atoms with van der Waals surface area (Å²) in [4.78, 5) is 0. The zero-order valence-corrected chi connectivity index (χ0v) is 8.14. The summed E-state index contributed by atoms with van der Waals surface area (Å²) in [5.74, 6) is 0. The molecule has 2 rings (SSSR count). The number of nitrogen functional groups attached to an aromatic ring is 1. The van der Waals surface area contributed by atoms with Crippen molar-refractivity contribution in [3.63, 3.8) is 0 Å². The molecule has 2 aromatic rings. The van der Waals surface area contributed by atoms with E-state index in [0.29, 0.717) is 0 Å². The van der Waals surface area contributed by atoms with Gasteiger partial charge in [-0.15, -0.1) is 0 Å². The van der Waals surface area contributed by atoms with Crippen molar-refractivity contribution in [3.8, 4) is 11.3 Å². The Morgan fingerprint density at radius 2 is 2.23 bits per heavy atom. The lowest BCUT2D eigenvalue weighted by Crippen LogP contribution is -1.86. The fraction of sp³-hybridized carbons (Fsp3) is 0.100. The topological polar surface area (TPSA) is 38.9 Å². The monoisotopic (exact) mass is 190 g/mol. The van der Waals surface area contributed by atoms with Crippen molar-refractivity contribution in [2.45, 2.75) is 6.92 Å². The van der Waals surface area contributed by atoms with E-state index in [1.807, 2.05) is 17.5 Å². The number of nitrogens with zero attached hydrogens (tertiary/aromatic N) is 1. The van der Waals surface area contributed by atoms with Crippen molar-refractivity contribution < 1.29 is 0 Å². The van der Waals surface area contributed by atoms with Crippen molar-refractivity contribution in [1.82, 2.24) is 4.37 Å². The highest BCUT2D eigenvalue weighted by Gasteiger charge is 2.04. The van der Waals surface area contributed by atoms with Crippen molar-refractivity contribution in [2.24, 2.45) is 0 Å². The Morgan fingerprint density at radius 1 is 1.38 bits per heavy atom. The van der Waals surface area contributed by atoms with Gasteiger partial charge >= 0.3 is 0 Å². The number of nitrogens with two attached hydrogens (primary N) is 1. The van der Waals surface area contributed by atoms with Gasteiger partial charge in [0.1, 0.15) is 5.69 Å². The maximum Gasteiger partial charge on any atom is 0.107 e. The SMILES string of the molecule is Cc1cccc(-c2nscc2N)c1. The second kappa shape index (κ2) is 3.18. The molecule has 0 saturated heterocycles. The predicted octanol–water partition coefficient (Wildman–Crippen LogP) is 2.70. The first-order valence-corrected chi connectivity index (χ1v) is 4.88. The van der Waals surface area contributed by atoms with Crippen LogP contribution in [0.3, 0.4) is 0 Å². The van der Waals surface area contributed by atoms with Gasteiger partial charge in [-0.1, -0.05) is 23.8 Å². The lowest BCUT2D eigenvalue weighted by atomic mass is 10.1. The zero-order chi connectivity index (χ0) is 9.26. The Hall–Kier alpha value is -1.35. The quantitative estimate of drug-likeness (QED) is 0.751. The second-order valence-corrected chi connectivity index (χ2v) is 3.62. The average Bonchev–Trinajstić information content (AvgIpc) is 2.51. The summed E-state index contributed by atoms with van der Waals surface area (Å²) in [5.41, 5.74) is 9.75. The maximum atomic E-state index is 5.77. The maximum absolute atomic E-state index is 5.77. The number of hydrogen-bond donors (Lipinski definition) is 1. The third-order valence-electron chi connectivity index (χ3n) is 1.89. The number of benzene rings is 1. The van der Waals surface area contributed by atoms with Gasteiger partial charge in [0.25, 0.3) is 0 Å². The van der Waals surface area contributed by atoms with Gasteiger partial charge in [-0.2, -0.15) is 4.37 Å². The zero-order valence-electron chi connectivity index (χ0n) is 7.32. The van der Waals surface area contributed by atoms with E-state index in [1.165, 1.54) is 17.1 Å². The highest BCUT2D eigenvalue weighted by Crippen LogP contribution is 2.26. The van der Waals surface area contributed by atoms with Crippen LogP contribution in [0.1, 0.15) is 5.56 Å². The molecule has 1 aromatic heterocycles. The van der Waals surface area contributed by atoms with Crippen LogP contribution in [0.2, 0.25) is 0 Å². The Morgan fingerprint density at radius 3 is 2.85 bits per heavy atom. The van der Waals surface area contributed by atoms with E-state index in [1.54, 1.807) is 0 Å². The average molecular weight is 190 g/mol. The van der Waals surface area contributed by atoms with E-state index in [-0.39, 0.29) is 0 Å². The molecule has 3 heteroatoms. The summed E-state index contributed by atoms with van der Waals surface area (Å²) in [6.07, 6.45) is 0. The predicted molar refractivity (Wildman–Crippen MR) is 56.7 cm³/mol. The minimum Gasteiger partial charge on any atom is -0.396 e. The Balaban J connectivity index is 2.53. The van der Waals surface area contributed by atoms with Crippen LogP contribution in [0, 0.1) is 6.92 Å². The highest BCUT2D eigenvalue weighted by molar-refractivity contribution is 7.04. The third kappa shape index (κ3) is 1.55. The summed E-state index contributed by atoms with van der Waals surface area (Å²) >= 11 is 1.39. The molecule has 0 bridgehead atoms. The minimum atomic E-state index is 0.760. The van der Waals surface area contributed by atoms with E-state index in [0.717, 1.165) is 16.9 Å². The van der Waals surface area contributed by atoms with Crippen LogP contribution in [0.25, 0.3) is 11.3 Å². The first kappa shape index (κ1) is 8.26. The number of hydrogen-bond acceptors (Lipinski definition) is 3. The summed E-state index contributed by atoms with van der Waals surface area (Å²) < 4.78 is 4.24. The molecule has 0 fully saturated rings. The molecule has 0 aliphatic heterocycles. The van der Waals surface area contributed by atoms with Crippen LogP contribution in [-0.2, 0) is 0 Å². The Kier molecular flexibility index (Phi) is 2.02. The molecule has 0 unspecified atom stereocenters. The fourth-order valence-electron chi connectivity index (χ4n) is 1.26. The van der Waals surface area contributed by atoms with Gasteiger partial charge in [-0.3, -0.25) is 0 Å². The molecule has 0 spiro atoms. The highest BCUT2D eigenvalue weighted by atomic mass is 32.1. The number of aryl methyl sites for hydroxylation is 1. The summed E-state index contributed by atoms with van der Waals surface area (Å²) in [5, 5.41) is 1.86. The minimum absolute atomic E-state index is 0.760. The molecular formula is C10H10N2S. The van der Waals surface area contributed by atoms with Crippen molar-refractivity contribution in [3.05, 3.63) is 35.2 Å². The summed E-state index contributed by atoms with van der Waals surface area (Å²) in [7, 11) is 0. The van der Waals surface area contributed by atoms with E-state index in [4.69, 9.17) is 5.73 Å². The number of anilines is 1. The Bertz CT molecular complexity index is 420. The van der Waals surface area contributed by atoms with Gasteiger partial charge in [0, 0.05) is 10.9 Å². The van der Waals surface area contributed by atoms with Crippen LogP contribution in [0.4, 0.5) is 5.69 Å². The first-order valence-electron chi connectivity index (χ1n) is 4.04. The molecule has 13 heavy (non-hydrogen) atoms. The molecule has 1 heterocycles. The molecule has 0 saturated carbocycles. The largest absolute Gasteiger partial charge is 0.396 e. The van der Waals surface area contributed by atoms with Gasteiger partial charge in [-0.25, -0.2) is 0 Å². The molecule has 2 N–H and O–H groups in total. The molecule has 0 atom stereocenters. The van der Waals surface area contributed by atoms with Gasteiger partial charge in [0.15, 0.2) is 0 Å². The van der Waals surface area contributed by atoms with Crippen molar-refractivity contribution >= 4 is 17.2 Å². The van der Waals surface area contributed by atoms with E-state index < -0.39 is 0 Å². The van der Waals surface area contributed by atoms with Gasteiger partial charge < -0.3 is 5.73 Å². The molecular weight excluding hydrogens is 180 g/mol. The molecule has 66 valence electrons. The molecule has 0 radical (unpaired) electrons. The van der Waals surface area contributed by atoms with Crippen molar-refractivity contribution in [1.29, 1.82) is 0 Å². The van der Waals surface area contributed by atoms with Gasteiger partial charge in [0.2, 0.25) is 0 Å². The third-order valence-corrected chi connectivity index (χ3v) is 2.54. The number of aromatic nitrogens is 1.